The van der Waals surface area contributed by atoms with E-state index in [9.17, 15) is 4.79 Å². The monoisotopic (exact) mass is 363 g/mol. The van der Waals surface area contributed by atoms with Gasteiger partial charge in [-0.05, 0) is 18.4 Å². The number of thioether (sulfide) groups is 1. The van der Waals surface area contributed by atoms with Gasteiger partial charge in [-0.15, -0.1) is 10.2 Å². The number of carbonyl (C=O) groups is 1. The summed E-state index contributed by atoms with van der Waals surface area (Å²) in [6.45, 7) is 0. The molecule has 2 aliphatic heterocycles. The maximum absolute atomic E-state index is 13.0. The van der Waals surface area contributed by atoms with E-state index >= 15 is 0 Å². The lowest BCUT2D eigenvalue weighted by Gasteiger charge is -2.28. The van der Waals surface area contributed by atoms with Gasteiger partial charge < -0.3 is 15.4 Å². The number of benzene rings is 2. The van der Waals surface area contributed by atoms with Crippen molar-refractivity contribution in [2.45, 2.75) is 10.9 Å². The zero-order chi connectivity index (χ0) is 17.7. The fourth-order valence-electron chi connectivity index (χ4n) is 3.24. The lowest BCUT2D eigenvalue weighted by Crippen LogP contribution is -2.47. The quantitative estimate of drug-likeness (QED) is 0.643. The number of fused-ring (bicyclic) bond motifs is 5. The molecule has 1 atom stereocenters. The lowest BCUT2D eigenvalue weighted by atomic mass is 10.0. The van der Waals surface area contributed by atoms with Crippen LogP contribution in [0.2, 0.25) is 0 Å². The fraction of sp³-hybridized carbons (Fsp3) is 0.111. The van der Waals surface area contributed by atoms with Gasteiger partial charge in [0.1, 0.15) is 0 Å². The van der Waals surface area contributed by atoms with Crippen molar-refractivity contribution in [2.75, 3.05) is 16.9 Å². The molecule has 0 saturated heterocycles. The number of hydrogen-bond donors (Lipinski definition) is 2. The second-order valence-electron chi connectivity index (χ2n) is 5.91. The Hall–Kier alpha value is -3.13. The molecular formula is C18H13N5O2S. The van der Waals surface area contributed by atoms with E-state index in [1.807, 2.05) is 54.8 Å². The van der Waals surface area contributed by atoms with Crippen molar-refractivity contribution in [1.82, 2.24) is 15.2 Å². The van der Waals surface area contributed by atoms with Crippen molar-refractivity contribution < 1.29 is 9.53 Å². The Kier molecular flexibility index (Phi) is 3.17. The molecule has 128 valence electrons. The van der Waals surface area contributed by atoms with Crippen LogP contribution in [0.25, 0.3) is 11.3 Å². The van der Waals surface area contributed by atoms with Crippen LogP contribution in [0.5, 0.6) is 5.88 Å². The molecule has 2 aliphatic rings. The van der Waals surface area contributed by atoms with Crippen molar-refractivity contribution in [3.63, 3.8) is 0 Å². The summed E-state index contributed by atoms with van der Waals surface area (Å²) < 4.78 is 6.22. The molecular weight excluding hydrogens is 350 g/mol. The Morgan fingerprint density at radius 3 is 2.65 bits per heavy atom. The molecule has 0 aliphatic carbocycles. The average Bonchev–Trinajstić information content (AvgIpc) is 2.85. The highest BCUT2D eigenvalue weighted by Gasteiger charge is 2.52. The zero-order valence-electron chi connectivity index (χ0n) is 13.7. The number of rotatable bonds is 1. The normalized spacial score (nSPS) is 19.5. The first-order valence-corrected chi connectivity index (χ1v) is 9.20. The highest BCUT2D eigenvalue weighted by atomic mass is 32.2. The van der Waals surface area contributed by atoms with Crippen LogP contribution in [0.3, 0.4) is 0 Å². The molecule has 0 unspecified atom stereocenters. The predicted octanol–water partition coefficient (Wildman–Crippen LogP) is 2.87. The van der Waals surface area contributed by atoms with Crippen LogP contribution < -0.4 is 15.4 Å². The number of hydrogen-bond acceptors (Lipinski definition) is 7. The van der Waals surface area contributed by atoms with Crippen LogP contribution in [-0.2, 0) is 10.5 Å². The van der Waals surface area contributed by atoms with Gasteiger partial charge in [0, 0.05) is 11.3 Å². The molecule has 0 radical (unpaired) electrons. The molecule has 8 heteroatoms. The molecule has 3 aromatic rings. The molecule has 2 aromatic carbocycles. The Bertz CT molecular complexity index is 1060. The number of amides is 1. The van der Waals surface area contributed by atoms with E-state index in [0.29, 0.717) is 22.1 Å². The standard InChI is InChI=1S/C18H13N5O2S/c1-26-17-20-15-14(22-23-17)10-6-2-4-8-12(10)21-18(25-15)11-7-3-5-9-13(11)19-16(18)24/h2-9,21H,1H3,(H,19,24)/t18-/m1/s1. The van der Waals surface area contributed by atoms with Crippen LogP contribution >= 0.6 is 11.8 Å². The molecule has 0 fully saturated rings. The summed E-state index contributed by atoms with van der Waals surface area (Å²) in [7, 11) is 0. The number of aromatic nitrogens is 3. The minimum atomic E-state index is -1.41. The smallest absolute Gasteiger partial charge is 0.295 e. The van der Waals surface area contributed by atoms with Crippen molar-refractivity contribution in [3.8, 4) is 17.1 Å². The fourth-order valence-corrected chi connectivity index (χ4v) is 3.54. The third-order valence-electron chi connectivity index (χ3n) is 4.43. The molecule has 7 nitrogen and oxygen atoms in total. The van der Waals surface area contributed by atoms with E-state index in [-0.39, 0.29) is 11.8 Å². The van der Waals surface area contributed by atoms with Gasteiger partial charge in [0.05, 0.1) is 11.3 Å². The van der Waals surface area contributed by atoms with E-state index in [0.717, 1.165) is 11.3 Å². The second kappa shape index (κ2) is 5.43. The summed E-state index contributed by atoms with van der Waals surface area (Å²) in [5.74, 6) is -0.0284. The van der Waals surface area contributed by atoms with E-state index in [2.05, 4.69) is 25.8 Å². The number of para-hydroxylation sites is 2. The van der Waals surface area contributed by atoms with Crippen LogP contribution in [0.4, 0.5) is 11.4 Å². The van der Waals surface area contributed by atoms with Crippen molar-refractivity contribution in [2.24, 2.45) is 0 Å². The number of nitrogens with zero attached hydrogens (tertiary/aromatic N) is 3. The molecule has 0 saturated carbocycles. The van der Waals surface area contributed by atoms with E-state index in [1.54, 1.807) is 0 Å². The number of anilines is 2. The first kappa shape index (κ1) is 15.2. The Morgan fingerprint density at radius 1 is 1.04 bits per heavy atom. The van der Waals surface area contributed by atoms with Gasteiger partial charge in [0.15, 0.2) is 5.69 Å². The van der Waals surface area contributed by atoms with Crippen molar-refractivity contribution in [1.29, 1.82) is 0 Å². The predicted molar refractivity (Wildman–Crippen MR) is 98.0 cm³/mol. The molecule has 26 heavy (non-hydrogen) atoms. The Balaban J connectivity index is 1.80. The average molecular weight is 363 g/mol. The highest BCUT2D eigenvalue weighted by Crippen LogP contribution is 2.46. The van der Waals surface area contributed by atoms with E-state index in [1.165, 1.54) is 11.8 Å². The Morgan fingerprint density at radius 2 is 1.81 bits per heavy atom. The maximum Gasteiger partial charge on any atom is 0.295 e. The van der Waals surface area contributed by atoms with Crippen LogP contribution in [-0.4, -0.2) is 27.3 Å². The molecule has 3 heterocycles. The third-order valence-corrected chi connectivity index (χ3v) is 4.97. The first-order valence-electron chi connectivity index (χ1n) is 7.97. The summed E-state index contributed by atoms with van der Waals surface area (Å²) in [4.78, 5) is 17.4. The molecule has 1 spiro atoms. The van der Waals surface area contributed by atoms with Crippen molar-refractivity contribution in [3.05, 3.63) is 54.1 Å². The van der Waals surface area contributed by atoms with Gasteiger partial charge in [-0.1, -0.05) is 48.2 Å². The summed E-state index contributed by atoms with van der Waals surface area (Å²) in [5.41, 5.74) is 2.01. The maximum atomic E-state index is 13.0. The highest BCUT2D eigenvalue weighted by molar-refractivity contribution is 7.98. The first-order chi connectivity index (χ1) is 12.7. The number of carbonyl (C=O) groups excluding carboxylic acids is 1. The second-order valence-corrected chi connectivity index (χ2v) is 6.68. The largest absolute Gasteiger partial charge is 0.435 e. The summed E-state index contributed by atoms with van der Waals surface area (Å²) in [5, 5.41) is 15.1. The van der Waals surface area contributed by atoms with Gasteiger partial charge in [0.2, 0.25) is 11.0 Å². The van der Waals surface area contributed by atoms with Gasteiger partial charge in [-0.2, -0.15) is 4.98 Å². The molecule has 0 bridgehead atoms. The van der Waals surface area contributed by atoms with Crippen LogP contribution in [0.1, 0.15) is 5.56 Å². The van der Waals surface area contributed by atoms with Gasteiger partial charge in [-0.25, -0.2) is 0 Å². The summed E-state index contributed by atoms with van der Waals surface area (Å²) in [6.07, 6.45) is 1.86. The third kappa shape index (κ3) is 2.02. The zero-order valence-corrected chi connectivity index (χ0v) is 14.5. The number of ether oxygens (including phenoxy) is 1. The molecule has 2 N–H and O–H groups in total. The number of nitrogens with one attached hydrogen (secondary N) is 2. The lowest BCUT2D eigenvalue weighted by molar-refractivity contribution is -0.128. The van der Waals surface area contributed by atoms with Gasteiger partial charge in [-0.3, -0.25) is 4.79 Å². The molecule has 1 amide bonds. The van der Waals surface area contributed by atoms with Crippen LogP contribution in [0, 0.1) is 0 Å². The minimum Gasteiger partial charge on any atom is -0.435 e. The van der Waals surface area contributed by atoms with Gasteiger partial charge in [0.25, 0.3) is 11.6 Å². The minimum absolute atomic E-state index is 0.272. The van der Waals surface area contributed by atoms with E-state index in [4.69, 9.17) is 4.74 Å². The van der Waals surface area contributed by atoms with Crippen LogP contribution in [0.15, 0.2) is 53.7 Å². The van der Waals surface area contributed by atoms with E-state index < -0.39 is 5.72 Å². The van der Waals surface area contributed by atoms with Gasteiger partial charge >= 0.3 is 0 Å². The molecule has 1 aromatic heterocycles. The molecule has 5 rings (SSSR count). The summed E-state index contributed by atoms with van der Waals surface area (Å²) in [6, 6.07) is 15.0. The Labute approximate surface area is 153 Å². The summed E-state index contributed by atoms with van der Waals surface area (Å²) >= 11 is 1.36. The topological polar surface area (TPSA) is 89.0 Å². The SMILES string of the molecule is CSc1nnc2c(n1)O[C@@]1(Nc3ccccc3-2)C(=O)Nc2ccccc21. The van der Waals surface area contributed by atoms with Crippen molar-refractivity contribution >= 4 is 29.0 Å².